The molecule has 2 saturated heterocycles. The molecule has 0 aromatic carbocycles. The van der Waals surface area contributed by atoms with Gasteiger partial charge in [0.1, 0.15) is 0 Å². The van der Waals surface area contributed by atoms with Crippen LogP contribution in [0.5, 0.6) is 0 Å². The van der Waals surface area contributed by atoms with E-state index in [4.69, 9.17) is 4.74 Å². The molecule has 0 spiro atoms. The summed E-state index contributed by atoms with van der Waals surface area (Å²) in [6.45, 7) is 16.1. The second-order valence-electron chi connectivity index (χ2n) is 7.65. The average molecular weight is 296 g/mol. The molecule has 2 fully saturated rings. The Morgan fingerprint density at radius 1 is 1.24 bits per heavy atom. The fraction of sp³-hybridized carbons (Fsp3) is 0.938. The first-order valence-electron chi connectivity index (χ1n) is 8.12. The van der Waals surface area contributed by atoms with Crippen LogP contribution in [-0.4, -0.2) is 74.3 Å². The summed E-state index contributed by atoms with van der Waals surface area (Å²) < 4.78 is 5.45. The van der Waals surface area contributed by atoms with Crippen molar-refractivity contribution in [2.24, 2.45) is 10.4 Å². The average Bonchev–Trinajstić information content (AvgIpc) is 2.81. The van der Waals surface area contributed by atoms with E-state index in [1.165, 1.54) is 6.42 Å². The van der Waals surface area contributed by atoms with Crippen molar-refractivity contribution in [3.8, 4) is 0 Å². The van der Waals surface area contributed by atoms with Crippen LogP contribution < -0.4 is 5.32 Å². The smallest absolute Gasteiger partial charge is 0.193 e. The molecule has 0 radical (unpaired) electrons. The van der Waals surface area contributed by atoms with Crippen LogP contribution in [0.4, 0.5) is 0 Å². The maximum atomic E-state index is 5.45. The van der Waals surface area contributed by atoms with Crippen LogP contribution in [0.1, 0.15) is 34.1 Å². The standard InChI is InChI=1S/C16H32N4O/c1-15(2)6-7-19(13-15)14(17-5)18-12-16(3,4)20-8-10-21-11-9-20/h6-13H2,1-5H3,(H,17,18). The van der Waals surface area contributed by atoms with Crippen molar-refractivity contribution >= 4 is 5.96 Å². The van der Waals surface area contributed by atoms with E-state index >= 15 is 0 Å². The minimum absolute atomic E-state index is 0.120. The minimum Gasteiger partial charge on any atom is -0.379 e. The highest BCUT2D eigenvalue weighted by Gasteiger charge is 2.32. The number of hydrogen-bond donors (Lipinski definition) is 1. The summed E-state index contributed by atoms with van der Waals surface area (Å²) in [6.07, 6.45) is 1.24. The Morgan fingerprint density at radius 3 is 2.43 bits per heavy atom. The van der Waals surface area contributed by atoms with Crippen LogP contribution in [0.25, 0.3) is 0 Å². The second kappa shape index (κ2) is 6.53. The molecule has 1 N–H and O–H groups in total. The Morgan fingerprint density at radius 2 is 1.90 bits per heavy atom. The molecule has 0 unspecified atom stereocenters. The maximum absolute atomic E-state index is 5.45. The van der Waals surface area contributed by atoms with Gasteiger partial charge < -0.3 is 15.0 Å². The molecular formula is C16H32N4O. The fourth-order valence-corrected chi connectivity index (χ4v) is 3.20. The van der Waals surface area contributed by atoms with Crippen LogP contribution in [-0.2, 0) is 4.74 Å². The lowest BCUT2D eigenvalue weighted by molar-refractivity contribution is -0.00847. The number of ether oxygens (including phenoxy) is 1. The third-order valence-corrected chi connectivity index (χ3v) is 4.73. The predicted octanol–water partition coefficient (Wildman–Crippen LogP) is 1.40. The van der Waals surface area contributed by atoms with Gasteiger partial charge in [0.15, 0.2) is 5.96 Å². The molecule has 0 bridgehead atoms. The first-order valence-corrected chi connectivity index (χ1v) is 8.12. The van der Waals surface area contributed by atoms with Gasteiger partial charge in [0.05, 0.1) is 13.2 Å². The highest BCUT2D eigenvalue weighted by molar-refractivity contribution is 5.80. The van der Waals surface area contributed by atoms with Gasteiger partial charge in [-0.2, -0.15) is 0 Å². The van der Waals surface area contributed by atoms with Crippen molar-refractivity contribution in [3.63, 3.8) is 0 Å². The van der Waals surface area contributed by atoms with E-state index in [2.05, 4.69) is 47.8 Å². The van der Waals surface area contributed by atoms with Gasteiger partial charge >= 0.3 is 0 Å². The van der Waals surface area contributed by atoms with E-state index in [0.717, 1.165) is 51.9 Å². The van der Waals surface area contributed by atoms with Crippen molar-refractivity contribution in [2.45, 2.75) is 39.7 Å². The maximum Gasteiger partial charge on any atom is 0.193 e. The Hall–Kier alpha value is -0.810. The van der Waals surface area contributed by atoms with Gasteiger partial charge in [0.2, 0.25) is 0 Å². The van der Waals surface area contributed by atoms with Crippen LogP contribution >= 0.6 is 0 Å². The molecule has 21 heavy (non-hydrogen) atoms. The number of hydrogen-bond acceptors (Lipinski definition) is 3. The van der Waals surface area contributed by atoms with Crippen LogP contribution in [0, 0.1) is 5.41 Å². The summed E-state index contributed by atoms with van der Waals surface area (Å²) in [5.74, 6) is 1.04. The number of nitrogens with one attached hydrogen (secondary N) is 1. The lowest BCUT2D eigenvalue weighted by Crippen LogP contribution is -2.56. The fourth-order valence-electron chi connectivity index (χ4n) is 3.20. The molecule has 5 heteroatoms. The largest absolute Gasteiger partial charge is 0.379 e. The van der Waals surface area contributed by atoms with Crippen LogP contribution in [0.3, 0.4) is 0 Å². The van der Waals surface area contributed by atoms with Gasteiger partial charge in [-0.25, -0.2) is 0 Å². The minimum atomic E-state index is 0.120. The molecule has 2 aliphatic heterocycles. The molecule has 2 aliphatic rings. The summed E-state index contributed by atoms with van der Waals surface area (Å²) in [5, 5.41) is 3.58. The number of aliphatic imine (C=N–C) groups is 1. The zero-order chi connectivity index (χ0) is 15.5. The molecule has 122 valence electrons. The number of rotatable bonds is 3. The van der Waals surface area contributed by atoms with E-state index < -0.39 is 0 Å². The van der Waals surface area contributed by atoms with Crippen LogP contribution in [0.2, 0.25) is 0 Å². The van der Waals surface area contributed by atoms with Gasteiger partial charge in [0.25, 0.3) is 0 Å². The Balaban J connectivity index is 1.88. The number of nitrogens with zero attached hydrogens (tertiary/aromatic N) is 3. The van der Waals surface area contributed by atoms with E-state index in [-0.39, 0.29) is 5.54 Å². The molecule has 2 rings (SSSR count). The molecule has 0 saturated carbocycles. The van der Waals surface area contributed by atoms with Crippen molar-refractivity contribution in [2.75, 3.05) is 53.0 Å². The Kier molecular flexibility index (Phi) is 5.15. The Labute approximate surface area is 129 Å². The second-order valence-corrected chi connectivity index (χ2v) is 7.65. The lowest BCUT2D eigenvalue weighted by atomic mass is 9.93. The zero-order valence-corrected chi connectivity index (χ0v) is 14.4. The highest BCUT2D eigenvalue weighted by Crippen LogP contribution is 2.28. The molecule has 5 nitrogen and oxygen atoms in total. The number of likely N-dealkylation sites (tertiary alicyclic amines) is 1. The molecule has 0 aliphatic carbocycles. The topological polar surface area (TPSA) is 40.1 Å². The molecule has 0 amide bonds. The molecule has 0 atom stereocenters. The molecule has 0 aromatic rings. The molecular weight excluding hydrogens is 264 g/mol. The summed E-state index contributed by atoms with van der Waals surface area (Å²) in [4.78, 5) is 9.36. The van der Waals surface area contributed by atoms with Gasteiger partial charge in [0, 0.05) is 45.3 Å². The summed E-state index contributed by atoms with van der Waals surface area (Å²) in [5.41, 5.74) is 0.520. The molecule has 2 heterocycles. The van der Waals surface area contributed by atoms with Crippen molar-refractivity contribution in [1.82, 2.24) is 15.1 Å². The Bertz CT molecular complexity index is 372. The first kappa shape index (κ1) is 16.6. The van der Waals surface area contributed by atoms with Crippen LogP contribution in [0.15, 0.2) is 4.99 Å². The third-order valence-electron chi connectivity index (χ3n) is 4.73. The monoisotopic (exact) mass is 296 g/mol. The number of guanidine groups is 1. The zero-order valence-electron chi connectivity index (χ0n) is 14.4. The normalized spacial score (nSPS) is 24.4. The van der Waals surface area contributed by atoms with Gasteiger partial charge in [-0.15, -0.1) is 0 Å². The predicted molar refractivity (Wildman–Crippen MR) is 87.8 cm³/mol. The SMILES string of the molecule is CN=C(NCC(C)(C)N1CCOCC1)N1CCC(C)(C)C1. The quantitative estimate of drug-likeness (QED) is 0.631. The van der Waals surface area contributed by atoms with Crippen molar-refractivity contribution in [1.29, 1.82) is 0 Å². The van der Waals surface area contributed by atoms with Crippen molar-refractivity contribution < 1.29 is 4.74 Å². The summed E-state index contributed by atoms with van der Waals surface area (Å²) in [6, 6.07) is 0. The van der Waals surface area contributed by atoms with E-state index in [1.807, 2.05) is 7.05 Å². The van der Waals surface area contributed by atoms with Gasteiger partial charge in [-0.05, 0) is 25.7 Å². The number of morpholine rings is 1. The third kappa shape index (κ3) is 4.33. The van der Waals surface area contributed by atoms with E-state index in [9.17, 15) is 0 Å². The van der Waals surface area contributed by atoms with E-state index in [1.54, 1.807) is 0 Å². The van der Waals surface area contributed by atoms with Gasteiger partial charge in [-0.1, -0.05) is 13.8 Å². The summed E-state index contributed by atoms with van der Waals surface area (Å²) in [7, 11) is 1.88. The highest BCUT2D eigenvalue weighted by atomic mass is 16.5. The first-order chi connectivity index (χ1) is 9.84. The van der Waals surface area contributed by atoms with Crippen molar-refractivity contribution in [3.05, 3.63) is 0 Å². The van der Waals surface area contributed by atoms with E-state index in [0.29, 0.717) is 5.41 Å². The lowest BCUT2D eigenvalue weighted by Gasteiger charge is -2.41. The summed E-state index contributed by atoms with van der Waals surface area (Å²) >= 11 is 0. The van der Waals surface area contributed by atoms with Gasteiger partial charge in [-0.3, -0.25) is 9.89 Å². The molecule has 0 aromatic heterocycles.